The molecule has 6 rings (SSSR count). The van der Waals surface area contributed by atoms with Gasteiger partial charge in [-0.2, -0.15) is 18.2 Å². The van der Waals surface area contributed by atoms with Gasteiger partial charge in [0.1, 0.15) is 18.2 Å². The second-order valence-electron chi connectivity index (χ2n) is 9.96. The van der Waals surface area contributed by atoms with Gasteiger partial charge in [0.2, 0.25) is 5.88 Å². The number of ether oxygens (including phenoxy) is 2. The molecular formula is C26H21ClF5N3O3. The van der Waals surface area contributed by atoms with Gasteiger partial charge in [-0.3, -0.25) is 4.57 Å². The summed E-state index contributed by atoms with van der Waals surface area (Å²) in [5, 5.41) is -0.666. The summed E-state index contributed by atoms with van der Waals surface area (Å²) in [6.07, 6.45) is -1.64. The average Bonchev–Trinajstić information content (AvgIpc) is 3.38. The summed E-state index contributed by atoms with van der Waals surface area (Å²) < 4.78 is 80.5. The van der Waals surface area contributed by atoms with Crippen LogP contribution in [0.4, 0.5) is 27.8 Å². The van der Waals surface area contributed by atoms with E-state index in [-0.39, 0.29) is 29.3 Å². The molecule has 0 radical (unpaired) electrons. The number of hydrogen-bond donors (Lipinski definition) is 0. The molecule has 1 aliphatic carbocycles. The lowest BCUT2D eigenvalue weighted by molar-refractivity contribution is -0.137. The van der Waals surface area contributed by atoms with E-state index in [0.29, 0.717) is 24.6 Å². The van der Waals surface area contributed by atoms with Crippen molar-refractivity contribution in [3.05, 3.63) is 74.7 Å². The molecule has 200 valence electrons. The van der Waals surface area contributed by atoms with Gasteiger partial charge in [-0.15, -0.1) is 0 Å². The highest BCUT2D eigenvalue weighted by atomic mass is 35.5. The van der Waals surface area contributed by atoms with Crippen LogP contribution in [0, 0.1) is 17.6 Å². The number of rotatable bonds is 6. The Hall–Kier alpha value is -3.34. The normalized spacial score (nSPS) is 23.2. The highest BCUT2D eigenvalue weighted by molar-refractivity contribution is 6.31. The lowest BCUT2D eigenvalue weighted by atomic mass is 9.91. The van der Waals surface area contributed by atoms with Crippen LogP contribution in [0.1, 0.15) is 37.3 Å². The van der Waals surface area contributed by atoms with Crippen molar-refractivity contribution in [1.82, 2.24) is 9.55 Å². The Balaban J connectivity index is 1.19. The fourth-order valence-electron chi connectivity index (χ4n) is 5.73. The average molecular weight is 554 g/mol. The minimum atomic E-state index is -4.68. The van der Waals surface area contributed by atoms with Crippen LogP contribution in [-0.4, -0.2) is 21.1 Å². The Morgan fingerprint density at radius 2 is 1.89 bits per heavy atom. The number of hydrogen-bond acceptors (Lipinski definition) is 5. The van der Waals surface area contributed by atoms with Gasteiger partial charge in [-0.25, -0.2) is 13.6 Å². The Morgan fingerprint density at radius 3 is 2.55 bits per heavy atom. The van der Waals surface area contributed by atoms with Crippen molar-refractivity contribution in [2.45, 2.75) is 57.1 Å². The largest absolute Gasteiger partial charge is 0.473 e. The van der Waals surface area contributed by atoms with Crippen LogP contribution >= 0.6 is 11.6 Å². The summed E-state index contributed by atoms with van der Waals surface area (Å²) in [4.78, 5) is 19.0. The predicted octanol–water partition coefficient (Wildman–Crippen LogP) is 6.33. The number of aromatic nitrogens is 2. The third-order valence-electron chi connectivity index (χ3n) is 7.60. The zero-order chi connectivity index (χ0) is 27.0. The molecule has 1 saturated heterocycles. The van der Waals surface area contributed by atoms with Crippen LogP contribution in [0.5, 0.6) is 17.4 Å². The van der Waals surface area contributed by atoms with Gasteiger partial charge >= 0.3 is 11.9 Å². The van der Waals surface area contributed by atoms with Gasteiger partial charge in [-0.1, -0.05) is 18.5 Å². The van der Waals surface area contributed by atoms with Gasteiger partial charge in [0.05, 0.1) is 22.7 Å². The van der Waals surface area contributed by atoms with Crippen molar-refractivity contribution in [2.24, 2.45) is 5.92 Å². The molecule has 2 aromatic carbocycles. The number of anilines is 1. The predicted molar refractivity (Wildman–Crippen MR) is 128 cm³/mol. The molecule has 38 heavy (non-hydrogen) atoms. The molecule has 3 heterocycles. The van der Waals surface area contributed by atoms with Crippen molar-refractivity contribution < 1.29 is 31.4 Å². The Labute approximate surface area is 218 Å². The smallest absolute Gasteiger partial charge is 0.417 e. The number of halogens is 6. The van der Waals surface area contributed by atoms with E-state index in [4.69, 9.17) is 21.1 Å². The number of piperidine rings is 1. The first-order valence-corrected chi connectivity index (χ1v) is 12.4. The third-order valence-corrected chi connectivity index (χ3v) is 7.92. The SMILES string of the molecule is CCC12CC3CC3N1c1cc(OCc3cc(F)c(Oc4ccc(C(F)(F)F)c(Cl)c4)c(F)c3)nc(=O)n1C2. The van der Waals surface area contributed by atoms with E-state index in [2.05, 4.69) is 16.8 Å². The molecule has 12 heteroatoms. The molecular weight excluding hydrogens is 533 g/mol. The van der Waals surface area contributed by atoms with Crippen LogP contribution in [0.2, 0.25) is 5.02 Å². The molecule has 3 aromatic rings. The first kappa shape index (κ1) is 25.0. The zero-order valence-corrected chi connectivity index (χ0v) is 20.7. The van der Waals surface area contributed by atoms with E-state index < -0.39 is 39.8 Å². The molecule has 1 saturated carbocycles. The van der Waals surface area contributed by atoms with Crippen molar-refractivity contribution in [3.8, 4) is 17.4 Å². The number of benzene rings is 2. The van der Waals surface area contributed by atoms with E-state index in [1.807, 2.05) is 0 Å². The Kier molecular flexibility index (Phi) is 5.64. The van der Waals surface area contributed by atoms with Crippen LogP contribution in [-0.2, 0) is 19.3 Å². The molecule has 1 aromatic heterocycles. The van der Waals surface area contributed by atoms with Gasteiger partial charge < -0.3 is 14.4 Å². The zero-order valence-electron chi connectivity index (χ0n) is 20.0. The summed E-state index contributed by atoms with van der Waals surface area (Å²) >= 11 is 5.65. The fraction of sp³-hybridized carbons (Fsp3) is 0.385. The van der Waals surface area contributed by atoms with Crippen LogP contribution < -0.4 is 20.1 Å². The monoisotopic (exact) mass is 553 g/mol. The molecule has 3 unspecified atom stereocenters. The maximum absolute atomic E-state index is 14.7. The van der Waals surface area contributed by atoms with Crippen molar-refractivity contribution in [2.75, 3.05) is 4.90 Å². The highest BCUT2D eigenvalue weighted by Gasteiger charge is 2.62. The van der Waals surface area contributed by atoms with Crippen LogP contribution in [0.15, 0.2) is 41.2 Å². The van der Waals surface area contributed by atoms with Crippen LogP contribution in [0.3, 0.4) is 0 Å². The van der Waals surface area contributed by atoms with Crippen LogP contribution in [0.25, 0.3) is 0 Å². The quantitative estimate of drug-likeness (QED) is 0.334. The number of nitrogens with zero attached hydrogens (tertiary/aromatic N) is 3. The summed E-state index contributed by atoms with van der Waals surface area (Å²) in [6.45, 7) is 2.42. The summed E-state index contributed by atoms with van der Waals surface area (Å²) in [5.41, 5.74) is -1.51. The van der Waals surface area contributed by atoms with Crippen molar-refractivity contribution >= 4 is 17.4 Å². The third kappa shape index (κ3) is 4.07. The van der Waals surface area contributed by atoms with E-state index in [9.17, 15) is 26.7 Å². The topological polar surface area (TPSA) is 56.6 Å². The Morgan fingerprint density at radius 1 is 1.16 bits per heavy atom. The molecule has 0 amide bonds. The summed E-state index contributed by atoms with van der Waals surface area (Å²) in [7, 11) is 0. The standard InChI is InChI=1S/C26H21ClF5N3O3/c1-2-25-10-14-7-20(14)35(25)22-9-21(33-24(36)34(22)12-25)37-11-13-5-18(28)23(19(29)6-13)38-15-3-4-16(17(27)8-15)26(30,31)32/h3-6,8-9,14,20H,2,7,10-12H2,1H3. The second-order valence-corrected chi connectivity index (χ2v) is 10.4. The van der Waals surface area contributed by atoms with E-state index in [1.165, 1.54) is 0 Å². The number of fused-ring (bicyclic) bond motifs is 5. The van der Waals surface area contributed by atoms with Crippen molar-refractivity contribution in [3.63, 3.8) is 0 Å². The second kappa shape index (κ2) is 8.59. The first-order chi connectivity index (χ1) is 18.0. The summed E-state index contributed by atoms with van der Waals surface area (Å²) in [6, 6.07) is 6.46. The number of alkyl halides is 3. The van der Waals surface area contributed by atoms with E-state index >= 15 is 0 Å². The summed E-state index contributed by atoms with van der Waals surface area (Å²) in [5.74, 6) is -1.81. The van der Waals surface area contributed by atoms with Gasteiger partial charge in [-0.05, 0) is 55.0 Å². The maximum Gasteiger partial charge on any atom is 0.417 e. The molecule has 3 aliphatic rings. The molecule has 2 aliphatic heterocycles. The molecule has 0 N–H and O–H groups in total. The highest BCUT2D eigenvalue weighted by Crippen LogP contribution is 2.58. The maximum atomic E-state index is 14.7. The minimum Gasteiger partial charge on any atom is -0.473 e. The molecule has 6 nitrogen and oxygen atoms in total. The van der Waals surface area contributed by atoms with Gasteiger partial charge in [0.25, 0.3) is 0 Å². The Bertz CT molecular complexity index is 1490. The molecule has 0 bridgehead atoms. The lowest BCUT2D eigenvalue weighted by Gasteiger charge is -2.34. The van der Waals surface area contributed by atoms with Crippen molar-refractivity contribution in [1.29, 1.82) is 0 Å². The van der Waals surface area contributed by atoms with Gasteiger partial charge in [0.15, 0.2) is 17.4 Å². The van der Waals surface area contributed by atoms with E-state index in [1.54, 1.807) is 10.6 Å². The molecule has 3 atom stereocenters. The van der Waals surface area contributed by atoms with Gasteiger partial charge in [0, 0.05) is 18.2 Å². The fourth-order valence-corrected chi connectivity index (χ4v) is 6.01. The van der Waals surface area contributed by atoms with E-state index in [0.717, 1.165) is 49.3 Å². The first-order valence-electron chi connectivity index (χ1n) is 12.1. The minimum absolute atomic E-state index is 0.0535. The molecule has 2 fully saturated rings. The lowest BCUT2D eigenvalue weighted by Crippen LogP contribution is -2.43. The molecule has 0 spiro atoms.